The highest BCUT2D eigenvalue weighted by Crippen LogP contribution is 2.25. The van der Waals surface area contributed by atoms with Gasteiger partial charge in [0.2, 0.25) is 0 Å². The summed E-state index contributed by atoms with van der Waals surface area (Å²) in [5, 5.41) is 12.6. The molecule has 5 heteroatoms. The normalized spacial score (nSPS) is 23.8. The van der Waals surface area contributed by atoms with Crippen LogP contribution in [0.3, 0.4) is 0 Å². The zero-order chi connectivity index (χ0) is 15.2. The molecule has 2 N–H and O–H groups in total. The zero-order valence-electron chi connectivity index (χ0n) is 12.3. The quantitative estimate of drug-likeness (QED) is 0.846. The Balaban J connectivity index is 1.70. The Morgan fingerprint density at radius 3 is 2.71 bits per heavy atom. The lowest BCUT2D eigenvalue weighted by atomic mass is 9.89. The third-order valence-electron chi connectivity index (χ3n) is 3.94. The maximum absolute atomic E-state index is 13.4. The third-order valence-corrected chi connectivity index (χ3v) is 3.94. The van der Waals surface area contributed by atoms with E-state index >= 15 is 0 Å². The van der Waals surface area contributed by atoms with Crippen LogP contribution < -0.4 is 5.32 Å². The molecule has 1 unspecified atom stereocenters. The van der Waals surface area contributed by atoms with Crippen LogP contribution in [0.1, 0.15) is 32.6 Å². The first-order valence-corrected chi connectivity index (χ1v) is 7.53. The molecule has 118 valence electrons. The number of hydrogen-bond donors (Lipinski definition) is 2. The van der Waals surface area contributed by atoms with Gasteiger partial charge in [-0.3, -0.25) is 0 Å². The molecule has 1 fully saturated rings. The summed E-state index contributed by atoms with van der Waals surface area (Å²) >= 11 is 0. The highest BCUT2D eigenvalue weighted by atomic mass is 19.1. The smallest absolute Gasteiger partial charge is 0.146 e. The minimum Gasteiger partial charge on any atom is -0.389 e. The van der Waals surface area contributed by atoms with Gasteiger partial charge in [-0.25, -0.2) is 8.78 Å². The van der Waals surface area contributed by atoms with Crippen LogP contribution >= 0.6 is 0 Å². The summed E-state index contributed by atoms with van der Waals surface area (Å²) < 4.78 is 32.1. The molecule has 0 aromatic heterocycles. The molecule has 0 bridgehead atoms. The highest BCUT2D eigenvalue weighted by molar-refractivity contribution is 5.44. The minimum absolute atomic E-state index is 0.0561. The average Bonchev–Trinajstić information content (AvgIpc) is 2.47. The fourth-order valence-corrected chi connectivity index (χ4v) is 2.56. The second-order valence-electron chi connectivity index (χ2n) is 5.87. The van der Waals surface area contributed by atoms with Crippen LogP contribution in [0.25, 0.3) is 0 Å². The molecular weight excluding hydrogens is 276 g/mol. The molecule has 1 aliphatic carbocycles. The van der Waals surface area contributed by atoms with Gasteiger partial charge < -0.3 is 15.2 Å². The van der Waals surface area contributed by atoms with E-state index in [0.717, 1.165) is 49.8 Å². The van der Waals surface area contributed by atoms with E-state index in [9.17, 15) is 13.9 Å². The largest absolute Gasteiger partial charge is 0.389 e. The van der Waals surface area contributed by atoms with Crippen molar-refractivity contribution < 1.29 is 18.6 Å². The standard InChI is InChI=1S/C16H23F2NO2/c1-11-2-5-14(6-3-11)21-10-13(20)9-19-16-8-12(17)4-7-15(16)18/h4,7-8,11,13-14,19-20H,2-3,5-6,9-10H2,1H3. The van der Waals surface area contributed by atoms with Gasteiger partial charge in [-0.15, -0.1) is 0 Å². The van der Waals surface area contributed by atoms with E-state index in [0.29, 0.717) is 0 Å². The predicted octanol–water partition coefficient (Wildman–Crippen LogP) is 3.33. The fourth-order valence-electron chi connectivity index (χ4n) is 2.56. The lowest BCUT2D eigenvalue weighted by Gasteiger charge is -2.27. The molecule has 1 aliphatic rings. The van der Waals surface area contributed by atoms with Gasteiger partial charge in [-0.2, -0.15) is 0 Å². The molecule has 3 nitrogen and oxygen atoms in total. The molecule has 1 atom stereocenters. The van der Waals surface area contributed by atoms with Crippen LogP contribution in [0.15, 0.2) is 18.2 Å². The topological polar surface area (TPSA) is 41.5 Å². The van der Waals surface area contributed by atoms with E-state index in [2.05, 4.69) is 12.2 Å². The second-order valence-corrected chi connectivity index (χ2v) is 5.87. The number of nitrogens with one attached hydrogen (secondary N) is 1. The lowest BCUT2D eigenvalue weighted by Crippen LogP contribution is -2.29. The van der Waals surface area contributed by atoms with Crippen molar-refractivity contribution in [2.45, 2.75) is 44.8 Å². The van der Waals surface area contributed by atoms with E-state index in [1.165, 1.54) is 0 Å². The first kappa shape index (κ1) is 16.2. The van der Waals surface area contributed by atoms with Crippen LogP contribution in [0, 0.1) is 17.6 Å². The molecule has 21 heavy (non-hydrogen) atoms. The van der Waals surface area contributed by atoms with Gasteiger partial charge in [0.25, 0.3) is 0 Å². The SMILES string of the molecule is CC1CCC(OCC(O)CNc2cc(F)ccc2F)CC1. The molecule has 0 heterocycles. The lowest BCUT2D eigenvalue weighted by molar-refractivity contribution is -0.0245. The third kappa shape index (κ3) is 5.25. The van der Waals surface area contributed by atoms with Gasteiger partial charge in [-0.1, -0.05) is 6.92 Å². The summed E-state index contributed by atoms with van der Waals surface area (Å²) in [4.78, 5) is 0. The van der Waals surface area contributed by atoms with E-state index in [4.69, 9.17) is 4.74 Å². The Kier molecular flexibility index (Phi) is 5.94. The summed E-state index contributed by atoms with van der Waals surface area (Å²) in [6, 6.07) is 3.19. The minimum atomic E-state index is -0.744. The number of halogens is 2. The van der Waals surface area contributed by atoms with Gasteiger partial charge in [0, 0.05) is 6.54 Å². The molecule has 1 saturated carbocycles. The van der Waals surface area contributed by atoms with Gasteiger partial charge in [0.15, 0.2) is 0 Å². The van der Waals surface area contributed by atoms with Crippen molar-refractivity contribution in [2.24, 2.45) is 5.92 Å². The maximum Gasteiger partial charge on any atom is 0.146 e. The Morgan fingerprint density at radius 2 is 2.00 bits per heavy atom. The number of aliphatic hydroxyl groups is 1. The molecule has 0 spiro atoms. The van der Waals surface area contributed by atoms with Crippen LogP contribution in [0.2, 0.25) is 0 Å². The Hall–Kier alpha value is -1.20. The van der Waals surface area contributed by atoms with Crippen molar-refractivity contribution in [3.63, 3.8) is 0 Å². The Morgan fingerprint density at radius 1 is 1.29 bits per heavy atom. The molecule has 0 amide bonds. The number of rotatable bonds is 6. The number of ether oxygens (including phenoxy) is 1. The summed E-state index contributed by atoms with van der Waals surface area (Å²) in [5.41, 5.74) is 0.0561. The first-order valence-electron chi connectivity index (χ1n) is 7.53. The van der Waals surface area contributed by atoms with Crippen LogP contribution in [-0.4, -0.2) is 30.5 Å². The summed E-state index contributed by atoms with van der Waals surface area (Å²) in [7, 11) is 0. The van der Waals surface area contributed by atoms with Crippen molar-refractivity contribution in [3.8, 4) is 0 Å². The molecule has 1 aromatic carbocycles. The molecule has 2 rings (SSSR count). The van der Waals surface area contributed by atoms with Crippen molar-refractivity contribution in [3.05, 3.63) is 29.8 Å². The predicted molar refractivity (Wildman–Crippen MR) is 78.2 cm³/mol. The summed E-state index contributed by atoms with van der Waals surface area (Å²) in [5.74, 6) is -0.292. The van der Waals surface area contributed by atoms with Crippen molar-refractivity contribution in [1.82, 2.24) is 0 Å². The number of aliphatic hydroxyl groups excluding tert-OH is 1. The number of benzene rings is 1. The van der Waals surface area contributed by atoms with Crippen LogP contribution in [0.4, 0.5) is 14.5 Å². The van der Waals surface area contributed by atoms with Crippen molar-refractivity contribution >= 4 is 5.69 Å². The van der Waals surface area contributed by atoms with E-state index in [1.54, 1.807) is 0 Å². The summed E-state index contributed by atoms with van der Waals surface area (Å²) in [6.45, 7) is 2.58. The molecule has 1 aromatic rings. The monoisotopic (exact) mass is 299 g/mol. The molecule has 0 radical (unpaired) electrons. The van der Waals surface area contributed by atoms with Crippen molar-refractivity contribution in [1.29, 1.82) is 0 Å². The van der Waals surface area contributed by atoms with Crippen LogP contribution in [0.5, 0.6) is 0 Å². The van der Waals surface area contributed by atoms with E-state index < -0.39 is 17.7 Å². The molecule has 0 aliphatic heterocycles. The summed E-state index contributed by atoms with van der Waals surface area (Å²) in [6.07, 6.45) is 3.84. The Labute approximate surface area is 124 Å². The average molecular weight is 299 g/mol. The molecule has 0 saturated heterocycles. The van der Waals surface area contributed by atoms with Crippen LogP contribution in [-0.2, 0) is 4.74 Å². The van der Waals surface area contributed by atoms with Gasteiger partial charge in [-0.05, 0) is 49.8 Å². The number of hydrogen-bond acceptors (Lipinski definition) is 3. The zero-order valence-corrected chi connectivity index (χ0v) is 12.3. The number of anilines is 1. The van der Waals surface area contributed by atoms with E-state index in [-0.39, 0.29) is 24.9 Å². The maximum atomic E-state index is 13.4. The van der Waals surface area contributed by atoms with E-state index in [1.807, 2.05) is 0 Å². The van der Waals surface area contributed by atoms with Gasteiger partial charge in [0.1, 0.15) is 11.6 Å². The second kappa shape index (κ2) is 7.71. The van der Waals surface area contributed by atoms with Gasteiger partial charge >= 0.3 is 0 Å². The molecular formula is C16H23F2NO2. The van der Waals surface area contributed by atoms with Gasteiger partial charge in [0.05, 0.1) is 24.5 Å². The Bertz CT molecular complexity index is 448. The fraction of sp³-hybridized carbons (Fsp3) is 0.625. The first-order chi connectivity index (χ1) is 10.0. The van der Waals surface area contributed by atoms with Crippen molar-refractivity contribution in [2.75, 3.05) is 18.5 Å². The highest BCUT2D eigenvalue weighted by Gasteiger charge is 2.19.